The number of sulfone groups is 1. The maximum Gasteiger partial charge on any atom is 0.322 e. The van der Waals surface area contributed by atoms with Gasteiger partial charge in [0.15, 0.2) is 9.84 Å². The number of aliphatic hydroxyl groups excluding tert-OH is 1. The highest BCUT2D eigenvalue weighted by atomic mass is 32.2. The minimum Gasteiger partial charge on any atom is -0.457 e. The van der Waals surface area contributed by atoms with Crippen molar-refractivity contribution in [3.63, 3.8) is 0 Å². The number of carbonyl (C=O) groups excluding carboxylic acids is 1. The molecular formula is C28H31FN2O5S2. The van der Waals surface area contributed by atoms with Crippen LogP contribution < -0.4 is 10.1 Å². The second-order valence-corrected chi connectivity index (χ2v) is 12.4. The van der Waals surface area contributed by atoms with Crippen molar-refractivity contribution < 1.29 is 27.4 Å². The highest BCUT2D eigenvalue weighted by molar-refractivity contribution is 7.99. The third-order valence-electron chi connectivity index (χ3n) is 6.29. The lowest BCUT2D eigenvalue weighted by Crippen LogP contribution is -2.45. The zero-order chi connectivity index (χ0) is 27.1. The zero-order valence-corrected chi connectivity index (χ0v) is 22.7. The van der Waals surface area contributed by atoms with Gasteiger partial charge in [-0.15, -0.1) is 0 Å². The van der Waals surface area contributed by atoms with Crippen molar-refractivity contribution >= 4 is 33.3 Å². The Balaban J connectivity index is 1.60. The van der Waals surface area contributed by atoms with Crippen LogP contribution in [0.25, 0.3) is 0 Å². The van der Waals surface area contributed by atoms with E-state index in [2.05, 4.69) is 5.32 Å². The molecule has 10 heteroatoms. The minimum atomic E-state index is -3.31. The highest BCUT2D eigenvalue weighted by Gasteiger charge is 2.25. The Bertz CT molecular complexity index is 1340. The summed E-state index contributed by atoms with van der Waals surface area (Å²) in [4.78, 5) is 16.7. The molecule has 0 radical (unpaired) electrons. The van der Waals surface area contributed by atoms with E-state index in [1.807, 2.05) is 6.07 Å². The first-order chi connectivity index (χ1) is 18.2. The summed E-state index contributed by atoms with van der Waals surface area (Å²) in [5.41, 5.74) is 0.503. The Morgan fingerprint density at radius 2 is 1.68 bits per heavy atom. The number of rotatable bonds is 9. The first-order valence-electron chi connectivity index (χ1n) is 12.5. The van der Waals surface area contributed by atoms with Crippen LogP contribution in [0, 0.1) is 5.82 Å². The lowest BCUT2D eigenvalue weighted by atomic mass is 9.94. The summed E-state index contributed by atoms with van der Waals surface area (Å²) in [7, 11) is -3.31. The van der Waals surface area contributed by atoms with E-state index < -0.39 is 9.84 Å². The van der Waals surface area contributed by atoms with Crippen LogP contribution >= 0.6 is 11.8 Å². The summed E-state index contributed by atoms with van der Waals surface area (Å²) in [6.07, 6.45) is 6.24. The molecule has 202 valence electrons. The predicted octanol–water partition coefficient (Wildman–Crippen LogP) is 6.33. The van der Waals surface area contributed by atoms with Gasteiger partial charge in [-0.25, -0.2) is 17.6 Å². The highest BCUT2D eigenvalue weighted by Crippen LogP contribution is 2.35. The number of aliphatic hydroxyl groups is 1. The molecule has 0 unspecified atom stereocenters. The third kappa shape index (κ3) is 7.72. The van der Waals surface area contributed by atoms with Gasteiger partial charge in [-0.3, -0.25) is 0 Å². The van der Waals surface area contributed by atoms with Crippen molar-refractivity contribution in [3.8, 4) is 11.5 Å². The quantitative estimate of drug-likeness (QED) is 0.319. The molecule has 2 amide bonds. The normalized spacial score (nSPS) is 14.2. The summed E-state index contributed by atoms with van der Waals surface area (Å²) >= 11 is 1.38. The van der Waals surface area contributed by atoms with Crippen molar-refractivity contribution in [2.24, 2.45) is 0 Å². The van der Waals surface area contributed by atoms with E-state index in [1.54, 1.807) is 41.3 Å². The first kappa shape index (κ1) is 27.9. The molecule has 3 aromatic carbocycles. The van der Waals surface area contributed by atoms with Gasteiger partial charge in [0.1, 0.15) is 17.3 Å². The number of nitrogens with one attached hydrogen (secondary N) is 1. The van der Waals surface area contributed by atoms with Gasteiger partial charge in [-0.05, 0) is 73.5 Å². The van der Waals surface area contributed by atoms with Crippen molar-refractivity contribution in [2.45, 2.75) is 52.8 Å². The summed E-state index contributed by atoms with van der Waals surface area (Å²) in [5.74, 6) is 0.502. The molecule has 3 aromatic rings. The summed E-state index contributed by atoms with van der Waals surface area (Å²) in [6, 6.07) is 17.3. The number of carbonyl (C=O) groups is 1. The minimum absolute atomic E-state index is 0.0803. The summed E-state index contributed by atoms with van der Waals surface area (Å²) in [6.45, 7) is 0.124. The van der Waals surface area contributed by atoms with E-state index >= 15 is 0 Å². The number of amides is 2. The van der Waals surface area contributed by atoms with E-state index in [0.717, 1.165) is 48.2 Å². The lowest BCUT2D eigenvalue weighted by molar-refractivity contribution is 0.144. The van der Waals surface area contributed by atoms with E-state index in [4.69, 9.17) is 4.74 Å². The van der Waals surface area contributed by atoms with Gasteiger partial charge in [0.25, 0.3) is 0 Å². The molecule has 38 heavy (non-hydrogen) atoms. The van der Waals surface area contributed by atoms with Crippen LogP contribution in [0.4, 0.5) is 14.9 Å². The molecule has 0 atom stereocenters. The molecule has 4 rings (SSSR count). The van der Waals surface area contributed by atoms with E-state index in [0.29, 0.717) is 17.2 Å². The Morgan fingerprint density at radius 3 is 2.32 bits per heavy atom. The molecule has 0 saturated heterocycles. The maximum absolute atomic E-state index is 13.4. The van der Waals surface area contributed by atoms with E-state index in [-0.39, 0.29) is 35.9 Å². The lowest BCUT2D eigenvalue weighted by Gasteiger charge is -2.34. The summed E-state index contributed by atoms with van der Waals surface area (Å²) in [5, 5.41) is 12.5. The van der Waals surface area contributed by atoms with Crippen LogP contribution in [0.5, 0.6) is 11.5 Å². The van der Waals surface area contributed by atoms with Gasteiger partial charge in [-0.2, -0.15) is 0 Å². The van der Waals surface area contributed by atoms with Crippen molar-refractivity contribution in [1.82, 2.24) is 4.90 Å². The Morgan fingerprint density at radius 1 is 1.00 bits per heavy atom. The standard InChI is InChI=1S/C28H31FN2O5S2/c1-38(34,35)27-13-11-25(12-14-27)37-26-18-21(17-24(19-26)36-23-9-7-20(29)8-10-23)30-28(33)31(15-16-32)22-5-3-2-4-6-22/h7-14,17-19,22,32H,2-6,15-16H2,1H3,(H,30,33). The average molecular weight is 559 g/mol. The fraction of sp³-hybridized carbons (Fsp3) is 0.321. The van der Waals surface area contributed by atoms with Crippen LogP contribution in [0.2, 0.25) is 0 Å². The van der Waals surface area contributed by atoms with Crippen LogP contribution in [-0.4, -0.2) is 49.9 Å². The monoisotopic (exact) mass is 558 g/mol. The molecule has 0 aromatic heterocycles. The van der Waals surface area contributed by atoms with Gasteiger partial charge in [0.2, 0.25) is 0 Å². The third-order valence-corrected chi connectivity index (χ3v) is 8.39. The van der Waals surface area contributed by atoms with Gasteiger partial charge in [-0.1, -0.05) is 31.0 Å². The second kappa shape index (κ2) is 12.6. The molecule has 0 aliphatic heterocycles. The molecular weight excluding hydrogens is 527 g/mol. The zero-order valence-electron chi connectivity index (χ0n) is 21.1. The van der Waals surface area contributed by atoms with Crippen LogP contribution in [-0.2, 0) is 9.84 Å². The van der Waals surface area contributed by atoms with Crippen LogP contribution in [0.15, 0.2) is 81.4 Å². The number of hydrogen-bond donors (Lipinski definition) is 2. The molecule has 1 aliphatic rings. The Kier molecular flexibility index (Phi) is 9.30. The molecule has 0 heterocycles. The van der Waals surface area contributed by atoms with Gasteiger partial charge in [0.05, 0.1) is 11.5 Å². The molecule has 1 saturated carbocycles. The van der Waals surface area contributed by atoms with Crippen molar-refractivity contribution in [1.29, 1.82) is 0 Å². The number of benzene rings is 3. The van der Waals surface area contributed by atoms with Crippen molar-refractivity contribution in [2.75, 3.05) is 24.7 Å². The second-order valence-electron chi connectivity index (χ2n) is 9.23. The number of hydrogen-bond acceptors (Lipinski definition) is 6. The first-order valence-corrected chi connectivity index (χ1v) is 15.2. The fourth-order valence-electron chi connectivity index (χ4n) is 4.44. The summed E-state index contributed by atoms with van der Waals surface area (Å²) < 4.78 is 42.9. The van der Waals surface area contributed by atoms with Crippen molar-refractivity contribution in [3.05, 3.63) is 72.5 Å². The number of halogens is 1. The number of urea groups is 1. The van der Waals surface area contributed by atoms with Gasteiger partial charge >= 0.3 is 6.03 Å². The fourth-order valence-corrected chi connectivity index (χ4v) is 5.97. The SMILES string of the molecule is CS(=O)(=O)c1ccc(Sc2cc(NC(=O)N(CCO)C3CCCCC3)cc(Oc3ccc(F)cc3)c2)cc1. The number of ether oxygens (including phenoxy) is 1. The Hall–Kier alpha value is -3.08. The van der Waals surface area contributed by atoms with Crippen LogP contribution in [0.3, 0.4) is 0 Å². The van der Waals surface area contributed by atoms with Gasteiger partial charge < -0.3 is 20.1 Å². The molecule has 1 aliphatic carbocycles. The number of anilines is 1. The number of nitrogens with zero attached hydrogens (tertiary/aromatic N) is 1. The molecule has 7 nitrogen and oxygen atoms in total. The molecule has 0 bridgehead atoms. The predicted molar refractivity (Wildman–Crippen MR) is 146 cm³/mol. The van der Waals surface area contributed by atoms with Gasteiger partial charge in [0, 0.05) is 40.4 Å². The Labute approximate surface area is 226 Å². The van der Waals surface area contributed by atoms with Crippen LogP contribution in [0.1, 0.15) is 32.1 Å². The topological polar surface area (TPSA) is 95.9 Å². The largest absolute Gasteiger partial charge is 0.457 e. The average Bonchev–Trinajstić information content (AvgIpc) is 2.89. The molecule has 1 fully saturated rings. The van der Waals surface area contributed by atoms with E-state index in [9.17, 15) is 22.7 Å². The smallest absolute Gasteiger partial charge is 0.322 e. The molecule has 0 spiro atoms. The molecule has 2 N–H and O–H groups in total. The maximum atomic E-state index is 13.4. The van der Waals surface area contributed by atoms with E-state index in [1.165, 1.54) is 36.0 Å².